The van der Waals surface area contributed by atoms with Gasteiger partial charge in [0.25, 0.3) is 5.91 Å². The number of carbonyl (C=O) groups excluding carboxylic acids is 1. The third kappa shape index (κ3) is 3.93. The zero-order valence-corrected chi connectivity index (χ0v) is 14.6. The van der Waals surface area contributed by atoms with E-state index in [0.717, 1.165) is 31.6 Å². The Morgan fingerprint density at radius 2 is 1.83 bits per heavy atom. The summed E-state index contributed by atoms with van der Waals surface area (Å²) >= 11 is 1.46. The van der Waals surface area contributed by atoms with Gasteiger partial charge in [0, 0.05) is 18.8 Å². The highest BCUT2D eigenvalue weighted by atomic mass is 32.2. The molecule has 0 atom stereocenters. The summed E-state index contributed by atoms with van der Waals surface area (Å²) in [5, 5.41) is 0.716. The van der Waals surface area contributed by atoms with Crippen LogP contribution in [0.2, 0.25) is 0 Å². The van der Waals surface area contributed by atoms with Gasteiger partial charge in [-0.05, 0) is 43.4 Å². The Morgan fingerprint density at radius 1 is 1.22 bits per heavy atom. The van der Waals surface area contributed by atoms with Crippen molar-refractivity contribution in [1.29, 1.82) is 0 Å². The Labute approximate surface area is 140 Å². The average Bonchev–Trinajstić information content (AvgIpc) is 2.98. The largest absolute Gasteiger partial charge is 0.337 e. The zero-order chi connectivity index (χ0) is 16.8. The number of hydrogen-bond acceptors (Lipinski definition) is 3. The first-order valence-electron chi connectivity index (χ1n) is 7.79. The number of nitrogens with zero attached hydrogens (tertiary/aromatic N) is 3. The van der Waals surface area contributed by atoms with Crippen LogP contribution in [0.1, 0.15) is 37.2 Å². The van der Waals surface area contributed by atoms with Gasteiger partial charge < -0.3 is 4.90 Å². The maximum absolute atomic E-state index is 13.2. The van der Waals surface area contributed by atoms with Crippen LogP contribution in [0.3, 0.4) is 0 Å². The highest BCUT2D eigenvalue weighted by Gasteiger charge is 2.22. The van der Waals surface area contributed by atoms with Crippen molar-refractivity contribution in [3.8, 4) is 5.69 Å². The summed E-state index contributed by atoms with van der Waals surface area (Å²) in [5.41, 5.74) is 1.26. The van der Waals surface area contributed by atoms with E-state index in [9.17, 15) is 9.18 Å². The van der Waals surface area contributed by atoms with E-state index in [2.05, 4.69) is 18.8 Å². The Balaban J connectivity index is 2.44. The van der Waals surface area contributed by atoms with Crippen molar-refractivity contribution in [3.05, 3.63) is 42.0 Å². The first kappa shape index (κ1) is 17.5. The average molecular weight is 335 g/mol. The van der Waals surface area contributed by atoms with E-state index < -0.39 is 0 Å². The molecule has 0 saturated heterocycles. The van der Waals surface area contributed by atoms with Crippen molar-refractivity contribution in [2.24, 2.45) is 0 Å². The van der Waals surface area contributed by atoms with Crippen molar-refractivity contribution < 1.29 is 9.18 Å². The number of imidazole rings is 1. The van der Waals surface area contributed by atoms with Gasteiger partial charge in [0.2, 0.25) is 0 Å². The highest BCUT2D eigenvalue weighted by Crippen LogP contribution is 2.23. The molecule has 1 heterocycles. The summed E-state index contributed by atoms with van der Waals surface area (Å²) < 4.78 is 15.0. The third-order valence-electron chi connectivity index (χ3n) is 3.49. The van der Waals surface area contributed by atoms with Gasteiger partial charge in [-0.15, -0.1) is 0 Å². The quantitative estimate of drug-likeness (QED) is 0.718. The van der Waals surface area contributed by atoms with Crippen LogP contribution in [0.15, 0.2) is 35.6 Å². The molecular formula is C17H22FN3OS. The third-order valence-corrected chi connectivity index (χ3v) is 4.14. The molecule has 0 N–H and O–H groups in total. The lowest BCUT2D eigenvalue weighted by molar-refractivity contribution is 0.0747. The Kier molecular flexibility index (Phi) is 6.21. The Bertz CT molecular complexity index is 648. The summed E-state index contributed by atoms with van der Waals surface area (Å²) in [6.07, 6.45) is 5.33. The minimum absolute atomic E-state index is 0.0363. The second-order valence-corrected chi connectivity index (χ2v) is 6.01. The first-order valence-corrected chi connectivity index (χ1v) is 9.01. The predicted octanol–water partition coefficient (Wildman–Crippen LogP) is 4.00. The van der Waals surface area contributed by atoms with Crippen LogP contribution in [0.25, 0.3) is 5.69 Å². The van der Waals surface area contributed by atoms with Crippen LogP contribution in [0.5, 0.6) is 0 Å². The van der Waals surface area contributed by atoms with Crippen molar-refractivity contribution >= 4 is 17.7 Å². The maximum atomic E-state index is 13.2. The molecule has 1 amide bonds. The number of aromatic nitrogens is 2. The number of thioether (sulfide) groups is 1. The van der Waals surface area contributed by atoms with Crippen LogP contribution >= 0.6 is 11.8 Å². The molecule has 0 bridgehead atoms. The second kappa shape index (κ2) is 8.15. The number of halogens is 1. The first-order chi connectivity index (χ1) is 11.1. The molecule has 0 aliphatic carbocycles. The molecule has 0 fully saturated rings. The standard InChI is InChI=1S/C17H22FN3OS/c1-4-10-20(11-5-2)16(22)15-12-19-17(23-3)21(15)14-8-6-13(18)7-9-14/h6-9,12H,4-5,10-11H2,1-3H3. The highest BCUT2D eigenvalue weighted by molar-refractivity contribution is 7.98. The molecule has 4 nitrogen and oxygen atoms in total. The molecule has 23 heavy (non-hydrogen) atoms. The lowest BCUT2D eigenvalue weighted by Crippen LogP contribution is -2.33. The fourth-order valence-corrected chi connectivity index (χ4v) is 3.03. The lowest BCUT2D eigenvalue weighted by Gasteiger charge is -2.22. The maximum Gasteiger partial charge on any atom is 0.272 e. The fraction of sp³-hybridized carbons (Fsp3) is 0.412. The van der Waals surface area contributed by atoms with Crippen LogP contribution in [-0.4, -0.2) is 39.7 Å². The fourth-order valence-electron chi connectivity index (χ4n) is 2.49. The molecule has 2 aromatic rings. The molecule has 0 aliphatic rings. The van der Waals surface area contributed by atoms with Crippen LogP contribution in [-0.2, 0) is 0 Å². The van der Waals surface area contributed by atoms with Crippen molar-refractivity contribution in [2.45, 2.75) is 31.8 Å². The smallest absolute Gasteiger partial charge is 0.272 e. The molecule has 124 valence electrons. The molecule has 0 saturated carbocycles. The molecule has 0 unspecified atom stereocenters. The van der Waals surface area contributed by atoms with E-state index in [1.165, 1.54) is 23.9 Å². The SMILES string of the molecule is CCCN(CCC)C(=O)c1cnc(SC)n1-c1ccc(F)cc1. The Hall–Kier alpha value is -1.82. The molecule has 0 radical (unpaired) electrons. The van der Waals surface area contributed by atoms with Gasteiger partial charge in [-0.2, -0.15) is 0 Å². The minimum Gasteiger partial charge on any atom is -0.337 e. The van der Waals surface area contributed by atoms with E-state index >= 15 is 0 Å². The number of rotatable bonds is 7. The van der Waals surface area contributed by atoms with Gasteiger partial charge in [0.15, 0.2) is 5.16 Å². The van der Waals surface area contributed by atoms with Gasteiger partial charge >= 0.3 is 0 Å². The molecule has 1 aromatic carbocycles. The monoisotopic (exact) mass is 335 g/mol. The lowest BCUT2D eigenvalue weighted by atomic mass is 10.2. The molecular weight excluding hydrogens is 313 g/mol. The molecule has 0 aliphatic heterocycles. The summed E-state index contributed by atoms with van der Waals surface area (Å²) in [7, 11) is 0. The normalized spacial score (nSPS) is 10.8. The minimum atomic E-state index is -0.300. The number of hydrogen-bond donors (Lipinski definition) is 0. The van der Waals surface area contributed by atoms with Gasteiger partial charge in [-0.25, -0.2) is 9.37 Å². The van der Waals surface area contributed by atoms with Crippen LogP contribution < -0.4 is 0 Å². The van der Waals surface area contributed by atoms with Gasteiger partial charge in [0.1, 0.15) is 11.5 Å². The summed E-state index contributed by atoms with van der Waals surface area (Å²) in [5.74, 6) is -0.336. The van der Waals surface area contributed by atoms with Crippen LogP contribution in [0, 0.1) is 5.82 Å². The molecule has 2 rings (SSSR count). The van der Waals surface area contributed by atoms with E-state index in [-0.39, 0.29) is 11.7 Å². The van der Waals surface area contributed by atoms with Crippen molar-refractivity contribution in [1.82, 2.24) is 14.5 Å². The van der Waals surface area contributed by atoms with Gasteiger partial charge in [0.05, 0.1) is 6.20 Å². The van der Waals surface area contributed by atoms with E-state index in [1.807, 2.05) is 11.2 Å². The van der Waals surface area contributed by atoms with Crippen molar-refractivity contribution in [2.75, 3.05) is 19.3 Å². The Morgan fingerprint density at radius 3 is 2.35 bits per heavy atom. The zero-order valence-electron chi connectivity index (χ0n) is 13.8. The number of benzene rings is 1. The molecule has 0 spiro atoms. The number of amides is 1. The predicted molar refractivity (Wildman–Crippen MR) is 91.8 cm³/mol. The van der Waals surface area contributed by atoms with Gasteiger partial charge in [-0.3, -0.25) is 9.36 Å². The van der Waals surface area contributed by atoms with E-state index in [0.29, 0.717) is 10.9 Å². The summed E-state index contributed by atoms with van der Waals surface area (Å²) in [6.45, 7) is 5.55. The van der Waals surface area contributed by atoms with E-state index in [1.54, 1.807) is 22.9 Å². The van der Waals surface area contributed by atoms with Crippen LogP contribution in [0.4, 0.5) is 4.39 Å². The van der Waals surface area contributed by atoms with E-state index in [4.69, 9.17) is 0 Å². The number of carbonyl (C=O) groups is 1. The second-order valence-electron chi connectivity index (χ2n) is 5.23. The topological polar surface area (TPSA) is 38.1 Å². The van der Waals surface area contributed by atoms with Crippen molar-refractivity contribution in [3.63, 3.8) is 0 Å². The van der Waals surface area contributed by atoms with Gasteiger partial charge in [-0.1, -0.05) is 25.6 Å². The molecule has 1 aromatic heterocycles. The molecule has 6 heteroatoms. The summed E-state index contributed by atoms with van der Waals surface area (Å²) in [6, 6.07) is 6.11. The summed E-state index contributed by atoms with van der Waals surface area (Å²) in [4.78, 5) is 19.1.